The van der Waals surface area contributed by atoms with Crippen LogP contribution in [0.2, 0.25) is 0 Å². The van der Waals surface area contributed by atoms with Gasteiger partial charge in [-0.05, 0) is 0 Å². The van der Waals surface area contributed by atoms with Crippen molar-refractivity contribution in [2.45, 2.75) is 0 Å². The normalized spacial score (nSPS) is 7.50. The van der Waals surface area contributed by atoms with E-state index in [1.165, 1.54) is 0 Å². The van der Waals surface area contributed by atoms with Gasteiger partial charge in [-0.1, -0.05) is 0 Å². The van der Waals surface area contributed by atoms with E-state index in [9.17, 15) is 0 Å². The Hall–Kier alpha value is 2.29. The fourth-order valence-electron chi connectivity index (χ4n) is 0. The van der Waals surface area contributed by atoms with Gasteiger partial charge in [0.05, 0.1) is 8.41 Å². The van der Waals surface area contributed by atoms with Crippen LogP contribution in [0.3, 0.4) is 0 Å². The second-order valence-electron chi connectivity index (χ2n) is 0.600. The molecule has 4 N–H and O–H groups in total. The number of hydrogen-bond acceptors (Lipinski definition) is 4. The summed E-state index contributed by atoms with van der Waals surface area (Å²) in [6, 6.07) is 0. The standard InChI is InChI=1S/BH3.Ba.Li.H4O4Si.3H/c;;;1-5(2,3)4;;;/h1H3;;;1-4H;;;. The SMILES string of the molecule is B.O[Si](O)(O)O.[BaH2].[LiH]. The van der Waals surface area contributed by atoms with Gasteiger partial charge in [-0.25, -0.2) is 0 Å². The van der Waals surface area contributed by atoms with Crippen LogP contribution >= 0.6 is 0 Å². The van der Waals surface area contributed by atoms with Gasteiger partial charge >= 0.3 is 76.8 Å². The zero-order chi connectivity index (χ0) is 4.50. The maximum atomic E-state index is 7.33. The third kappa shape index (κ3) is 84.0. The van der Waals surface area contributed by atoms with Crippen molar-refractivity contribution in [2.75, 3.05) is 0 Å². The molecule has 0 spiro atoms. The van der Waals surface area contributed by atoms with Crippen LogP contribution in [-0.2, 0) is 0 Å². The van der Waals surface area contributed by atoms with Gasteiger partial charge in [-0.2, -0.15) is 0 Å². The van der Waals surface area contributed by atoms with Crippen LogP contribution in [0, 0.1) is 0 Å². The predicted octanol–water partition coefficient (Wildman–Crippen LogP) is -5.36. The van der Waals surface area contributed by atoms with E-state index in [0.717, 1.165) is 0 Å². The van der Waals surface area contributed by atoms with Gasteiger partial charge in [0.2, 0.25) is 0 Å². The molecule has 0 atom stereocenters. The first-order valence-corrected chi connectivity index (χ1v) is 2.68. The summed E-state index contributed by atoms with van der Waals surface area (Å²) in [6.45, 7) is 0. The third-order valence-corrected chi connectivity index (χ3v) is 0. The molecule has 0 unspecified atom stereocenters. The molecule has 0 saturated carbocycles. The Kier molecular flexibility index (Phi) is 26.1. The van der Waals surface area contributed by atoms with Crippen LogP contribution in [0.25, 0.3) is 0 Å². The molecule has 4 nitrogen and oxygen atoms in total. The Morgan fingerprint density at radius 2 is 0.875 bits per heavy atom. The Morgan fingerprint density at radius 1 is 0.875 bits per heavy atom. The fourth-order valence-corrected chi connectivity index (χ4v) is 0. The molecular weight excluding hydrogens is 247 g/mol. The molecule has 8 heteroatoms. The molecule has 0 aliphatic heterocycles. The van der Waals surface area contributed by atoms with Gasteiger partial charge in [0, 0.05) is 0 Å². The second-order valence-corrected chi connectivity index (χ2v) is 1.80. The van der Waals surface area contributed by atoms with Crippen molar-refractivity contribution >= 4 is 85.2 Å². The van der Waals surface area contributed by atoms with Gasteiger partial charge in [0.25, 0.3) is 0 Å². The van der Waals surface area contributed by atoms with Gasteiger partial charge in [0.15, 0.2) is 0 Å². The summed E-state index contributed by atoms with van der Waals surface area (Å²) in [7, 11) is -4.61. The minimum atomic E-state index is -4.61. The van der Waals surface area contributed by atoms with E-state index in [1.807, 2.05) is 0 Å². The molecular formula is H10BBaLiO4Si. The van der Waals surface area contributed by atoms with E-state index in [2.05, 4.69) is 0 Å². The molecule has 0 saturated heterocycles. The summed E-state index contributed by atoms with van der Waals surface area (Å²) in [5.41, 5.74) is 0. The zero-order valence-electron chi connectivity index (χ0n) is 2.29. The van der Waals surface area contributed by atoms with E-state index in [1.54, 1.807) is 0 Å². The first-order valence-electron chi connectivity index (χ1n) is 0.894. The van der Waals surface area contributed by atoms with Crippen molar-refractivity contribution in [2.24, 2.45) is 0 Å². The Bertz CT molecular complexity index is 31.5. The molecule has 0 rings (SSSR count). The average Bonchev–Trinajstić information content (AvgIpc) is 0.722. The Balaban J connectivity index is -0.0000000267. The van der Waals surface area contributed by atoms with E-state index >= 15 is 0 Å². The molecule has 0 bridgehead atoms. The van der Waals surface area contributed by atoms with Crippen LogP contribution in [0.1, 0.15) is 0 Å². The molecule has 0 aliphatic rings. The van der Waals surface area contributed by atoms with E-state index in [0.29, 0.717) is 0 Å². The molecule has 8 heavy (non-hydrogen) atoms. The molecule has 0 fully saturated rings. The van der Waals surface area contributed by atoms with Crippen LogP contribution < -0.4 is 0 Å². The van der Waals surface area contributed by atoms with Crippen LogP contribution in [0.5, 0.6) is 0 Å². The van der Waals surface area contributed by atoms with Crippen LogP contribution in [0.4, 0.5) is 0 Å². The second kappa shape index (κ2) is 9.29. The molecule has 0 aliphatic carbocycles. The van der Waals surface area contributed by atoms with Gasteiger partial charge in [-0.15, -0.1) is 0 Å². The van der Waals surface area contributed by atoms with Crippen LogP contribution in [0.15, 0.2) is 0 Å². The molecule has 44 valence electrons. The van der Waals surface area contributed by atoms with Crippen molar-refractivity contribution in [1.82, 2.24) is 0 Å². The third-order valence-electron chi connectivity index (χ3n) is 0. The molecule has 0 aromatic heterocycles. The van der Waals surface area contributed by atoms with E-state index < -0.39 is 9.05 Å². The number of rotatable bonds is 0. The van der Waals surface area contributed by atoms with Gasteiger partial charge < -0.3 is 19.2 Å². The molecule has 0 heterocycles. The Labute approximate surface area is 103 Å². The van der Waals surface area contributed by atoms with Gasteiger partial charge in [-0.3, -0.25) is 0 Å². The van der Waals surface area contributed by atoms with Crippen molar-refractivity contribution in [1.29, 1.82) is 0 Å². The predicted molar refractivity (Wildman–Crippen MR) is 40.3 cm³/mol. The maximum absolute atomic E-state index is 7.33. The quantitative estimate of drug-likeness (QED) is 0.327. The molecule has 0 aromatic carbocycles. The van der Waals surface area contributed by atoms with Crippen molar-refractivity contribution in [3.05, 3.63) is 0 Å². The summed E-state index contributed by atoms with van der Waals surface area (Å²) in [6.07, 6.45) is 0. The molecule has 0 amide bonds. The summed E-state index contributed by atoms with van der Waals surface area (Å²) in [5.74, 6) is 0. The van der Waals surface area contributed by atoms with E-state index in [4.69, 9.17) is 19.2 Å². The monoisotopic (exact) mass is 258 g/mol. The zero-order valence-corrected chi connectivity index (χ0v) is 3.29. The first kappa shape index (κ1) is 22.4. The topological polar surface area (TPSA) is 80.9 Å². The van der Waals surface area contributed by atoms with E-state index in [-0.39, 0.29) is 76.2 Å². The first-order chi connectivity index (χ1) is 2.00. The van der Waals surface area contributed by atoms with Crippen molar-refractivity contribution in [3.63, 3.8) is 0 Å². The van der Waals surface area contributed by atoms with Crippen molar-refractivity contribution < 1.29 is 19.2 Å². The van der Waals surface area contributed by atoms with Gasteiger partial charge in [0.1, 0.15) is 0 Å². The number of hydrogen-bond donors (Lipinski definition) is 4. The molecule has 0 radical (unpaired) electrons. The molecule has 0 aromatic rings. The summed E-state index contributed by atoms with van der Waals surface area (Å²) < 4.78 is 0. The summed E-state index contributed by atoms with van der Waals surface area (Å²) >= 11 is 0. The summed E-state index contributed by atoms with van der Waals surface area (Å²) in [5, 5.41) is 0. The van der Waals surface area contributed by atoms with Crippen molar-refractivity contribution in [3.8, 4) is 0 Å². The fraction of sp³-hybridized carbons (Fsp3) is 0. The summed E-state index contributed by atoms with van der Waals surface area (Å²) in [4.78, 5) is 29.3. The Morgan fingerprint density at radius 3 is 0.875 bits per heavy atom. The van der Waals surface area contributed by atoms with Crippen LogP contribution in [-0.4, -0.2) is 104 Å². The average molecular weight is 257 g/mol. The minimum absolute atomic E-state index is 0.